The fourth-order valence-electron chi connectivity index (χ4n) is 9.95. The molecule has 0 aliphatic rings. The molecule has 0 amide bonds. The normalized spacial score (nSPS) is 10.8. The first-order valence-corrected chi connectivity index (χ1v) is 24.9. The predicted molar refractivity (Wildman–Crippen MR) is 307 cm³/mol. The summed E-state index contributed by atoms with van der Waals surface area (Å²) in [5.41, 5.74) is 23.5. The average Bonchev–Trinajstić information content (AvgIpc) is 3.51. The number of pyridine rings is 3. The molecule has 0 radical (unpaired) electrons. The van der Waals surface area contributed by atoms with Crippen LogP contribution in [0.1, 0.15) is 5.56 Å². The van der Waals surface area contributed by atoms with E-state index in [-0.39, 0.29) is 20.1 Å². The van der Waals surface area contributed by atoms with Gasteiger partial charge in [-0.2, -0.15) is 0 Å². The Kier molecular flexibility index (Phi) is 14.1. The van der Waals surface area contributed by atoms with E-state index in [1.54, 1.807) is 6.20 Å². The molecule has 0 atom stereocenters. The standard InChI is InChI=1S/C71H45N4.Ir/c1-48-26-39-70(75-47-48)54-35-37-65(67(45-54)52-29-27-50(28-30-52)49-16-4-3-5-17-49)63-22-10-8-20-61(63)57-42-56(60-19-7-6-18-59(60)51-31-33-53(34-32-51)68-24-12-14-40-73-68)43-58(44-57)62-21-9-11-23-64(62)66-38-36-55(46-71(66)72-2)69-25-13-15-41-74-69;/h3-33,37-47H,1H3;/q-3;+3. The number of benzene rings is 9. The molecule has 0 spiro atoms. The molecular formula is C71H45IrN4. The Labute approximate surface area is 458 Å². The summed E-state index contributed by atoms with van der Waals surface area (Å²) in [6, 6.07) is 93.0. The molecule has 12 rings (SSSR count). The quantitative estimate of drug-likeness (QED) is 0.121. The Morgan fingerprint density at radius 2 is 0.789 bits per heavy atom. The zero-order valence-electron chi connectivity index (χ0n) is 41.4. The third-order valence-corrected chi connectivity index (χ3v) is 13.7. The third kappa shape index (κ3) is 10.00. The summed E-state index contributed by atoms with van der Waals surface area (Å²) in [7, 11) is 0. The molecule has 0 aliphatic heterocycles. The first-order chi connectivity index (χ1) is 37.0. The van der Waals surface area contributed by atoms with E-state index in [1.165, 1.54) is 5.56 Å². The number of hydrogen-bond donors (Lipinski definition) is 0. The van der Waals surface area contributed by atoms with Gasteiger partial charge in [0.05, 0.1) is 6.57 Å². The van der Waals surface area contributed by atoms with Gasteiger partial charge in [0.1, 0.15) is 5.69 Å². The summed E-state index contributed by atoms with van der Waals surface area (Å²) < 4.78 is 0. The Morgan fingerprint density at radius 1 is 0.329 bits per heavy atom. The maximum absolute atomic E-state index is 8.41. The second-order valence-corrected chi connectivity index (χ2v) is 18.5. The van der Waals surface area contributed by atoms with Crippen molar-refractivity contribution in [2.45, 2.75) is 6.92 Å². The predicted octanol–water partition coefficient (Wildman–Crippen LogP) is 18.5. The molecule has 12 aromatic rings. The van der Waals surface area contributed by atoms with Crippen molar-refractivity contribution in [3.63, 3.8) is 0 Å². The maximum Gasteiger partial charge on any atom is 3.00 e. The summed E-state index contributed by atoms with van der Waals surface area (Å²) in [5.74, 6) is 0. The van der Waals surface area contributed by atoms with Crippen LogP contribution < -0.4 is 0 Å². The molecule has 9 aromatic carbocycles. The summed E-state index contributed by atoms with van der Waals surface area (Å²) in [6.45, 7) is 10.5. The number of aryl methyl sites for hydroxylation is 1. The van der Waals surface area contributed by atoms with E-state index in [0.717, 1.165) is 123 Å². The number of rotatable bonds is 11. The molecular weight excluding hydrogens is 1100 g/mol. The van der Waals surface area contributed by atoms with E-state index in [0.29, 0.717) is 5.69 Å². The number of nitrogens with zero attached hydrogens (tertiary/aromatic N) is 4. The molecule has 5 heteroatoms. The molecule has 0 unspecified atom stereocenters. The maximum atomic E-state index is 8.41. The Hall–Kier alpha value is -9.43. The van der Waals surface area contributed by atoms with Gasteiger partial charge in [0.2, 0.25) is 0 Å². The van der Waals surface area contributed by atoms with Crippen molar-refractivity contribution in [3.8, 4) is 123 Å². The Balaban J connectivity index is 0.00000616. The Morgan fingerprint density at radius 3 is 1.34 bits per heavy atom. The van der Waals surface area contributed by atoms with Gasteiger partial charge in [-0.15, -0.1) is 77.4 Å². The molecule has 3 heterocycles. The average molecular weight is 1150 g/mol. The second kappa shape index (κ2) is 22.0. The fraction of sp³-hybridized carbons (Fsp3) is 0.0141. The van der Waals surface area contributed by atoms with Crippen LogP contribution in [0, 0.1) is 31.7 Å². The van der Waals surface area contributed by atoms with Crippen LogP contribution in [0.2, 0.25) is 0 Å². The van der Waals surface area contributed by atoms with Crippen LogP contribution in [-0.4, -0.2) is 15.0 Å². The van der Waals surface area contributed by atoms with Crippen LogP contribution in [0.4, 0.5) is 5.69 Å². The fourth-order valence-corrected chi connectivity index (χ4v) is 9.95. The van der Waals surface area contributed by atoms with Gasteiger partial charge in [-0.25, -0.2) is 0 Å². The van der Waals surface area contributed by atoms with Crippen molar-refractivity contribution in [1.82, 2.24) is 15.0 Å². The van der Waals surface area contributed by atoms with Crippen molar-refractivity contribution in [1.29, 1.82) is 0 Å². The van der Waals surface area contributed by atoms with E-state index < -0.39 is 0 Å². The molecule has 0 saturated carbocycles. The van der Waals surface area contributed by atoms with Crippen LogP contribution in [0.15, 0.2) is 255 Å². The first kappa shape index (κ1) is 48.8. The number of aromatic nitrogens is 3. The SMILES string of the molecule is [C-]#[N+]c1cc(-c2ccccn2)[c-]cc1-c1ccccc1-c1cc(-c2ccccc2-c2c[c-]c(-c3ccccn3)cc2)cc(-c2ccccc2-c2c[c-]c(-c3ccc(C)cn3)cc2-c2ccc(-c3ccccc3)cc2)c1.[Ir+3]. The third-order valence-electron chi connectivity index (χ3n) is 13.7. The Bertz CT molecular complexity index is 4040. The molecule has 3 aromatic heterocycles. The van der Waals surface area contributed by atoms with Crippen LogP contribution >= 0.6 is 0 Å². The minimum Gasteiger partial charge on any atom is -0.305 e. The van der Waals surface area contributed by atoms with E-state index in [2.05, 4.69) is 216 Å². The van der Waals surface area contributed by atoms with Crippen LogP contribution in [-0.2, 0) is 20.1 Å². The van der Waals surface area contributed by atoms with Crippen molar-refractivity contribution >= 4 is 5.69 Å². The summed E-state index contributed by atoms with van der Waals surface area (Å²) in [4.78, 5) is 18.1. The monoisotopic (exact) mass is 1150 g/mol. The van der Waals surface area contributed by atoms with Gasteiger partial charge in [-0.3, -0.25) is 4.85 Å². The second-order valence-electron chi connectivity index (χ2n) is 18.5. The van der Waals surface area contributed by atoms with Crippen LogP contribution in [0.5, 0.6) is 0 Å². The minimum atomic E-state index is 0. The zero-order valence-corrected chi connectivity index (χ0v) is 43.8. The van der Waals surface area contributed by atoms with Crippen LogP contribution in [0.25, 0.3) is 128 Å². The minimum absolute atomic E-state index is 0. The zero-order chi connectivity index (χ0) is 50.5. The van der Waals surface area contributed by atoms with Crippen molar-refractivity contribution < 1.29 is 20.1 Å². The summed E-state index contributed by atoms with van der Waals surface area (Å²) in [6.07, 6.45) is 5.49. The van der Waals surface area contributed by atoms with Gasteiger partial charge in [0.25, 0.3) is 0 Å². The van der Waals surface area contributed by atoms with E-state index in [1.807, 2.05) is 73.1 Å². The smallest absolute Gasteiger partial charge is 0.305 e. The summed E-state index contributed by atoms with van der Waals surface area (Å²) in [5, 5.41) is 0. The number of hydrogen-bond acceptors (Lipinski definition) is 3. The van der Waals surface area contributed by atoms with E-state index >= 15 is 0 Å². The topological polar surface area (TPSA) is 43.0 Å². The van der Waals surface area contributed by atoms with Crippen molar-refractivity contribution in [2.75, 3.05) is 0 Å². The molecule has 76 heavy (non-hydrogen) atoms. The van der Waals surface area contributed by atoms with Gasteiger partial charge in [0.15, 0.2) is 0 Å². The van der Waals surface area contributed by atoms with Crippen molar-refractivity contribution in [2.24, 2.45) is 0 Å². The van der Waals surface area contributed by atoms with Gasteiger partial charge in [-0.1, -0.05) is 203 Å². The van der Waals surface area contributed by atoms with E-state index in [4.69, 9.17) is 11.6 Å². The molecule has 0 bridgehead atoms. The molecule has 358 valence electrons. The molecule has 0 aliphatic carbocycles. The first-order valence-electron chi connectivity index (χ1n) is 24.9. The van der Waals surface area contributed by atoms with Crippen molar-refractivity contribution in [3.05, 3.63) is 290 Å². The molecule has 0 saturated heterocycles. The van der Waals surface area contributed by atoms with Gasteiger partial charge >= 0.3 is 20.1 Å². The largest absolute Gasteiger partial charge is 3.00 e. The van der Waals surface area contributed by atoms with Gasteiger partial charge in [0, 0.05) is 18.6 Å². The molecule has 0 fully saturated rings. The molecule has 4 nitrogen and oxygen atoms in total. The van der Waals surface area contributed by atoms with Gasteiger partial charge in [-0.05, 0) is 110 Å². The summed E-state index contributed by atoms with van der Waals surface area (Å²) >= 11 is 0. The van der Waals surface area contributed by atoms with Crippen LogP contribution in [0.3, 0.4) is 0 Å². The van der Waals surface area contributed by atoms with Gasteiger partial charge < -0.3 is 15.0 Å². The molecule has 0 N–H and O–H groups in total. The van der Waals surface area contributed by atoms with E-state index in [9.17, 15) is 0 Å².